The van der Waals surface area contributed by atoms with Gasteiger partial charge < -0.3 is 24.6 Å². The average molecular weight is 376 g/mol. The van der Waals surface area contributed by atoms with Crippen molar-refractivity contribution < 1.29 is 18.8 Å². The third kappa shape index (κ3) is 4.97. The molecule has 1 aromatic heterocycles. The minimum absolute atomic E-state index is 0.139. The summed E-state index contributed by atoms with van der Waals surface area (Å²) in [7, 11) is 4.96. The minimum Gasteiger partial charge on any atom is -0.493 e. The second-order valence-corrected chi connectivity index (χ2v) is 7.37. The summed E-state index contributed by atoms with van der Waals surface area (Å²) in [5, 5.41) is 10.1. The second kappa shape index (κ2) is 8.39. The lowest BCUT2D eigenvalue weighted by Gasteiger charge is -2.20. The fourth-order valence-electron chi connectivity index (χ4n) is 2.29. The summed E-state index contributed by atoms with van der Waals surface area (Å²) in [4.78, 5) is 17.0. The summed E-state index contributed by atoms with van der Waals surface area (Å²) in [5.41, 5.74) is 0.526. The molecule has 0 aliphatic carbocycles. The Balaban J connectivity index is 2.48. The molecule has 1 atom stereocenters. The van der Waals surface area contributed by atoms with Gasteiger partial charge in [-0.2, -0.15) is 4.98 Å². The molecule has 0 radical (unpaired) electrons. The summed E-state index contributed by atoms with van der Waals surface area (Å²) < 4.78 is 16.2. The lowest BCUT2D eigenvalue weighted by Crippen LogP contribution is -2.27. The summed E-state index contributed by atoms with van der Waals surface area (Å²) in [6.07, 6.45) is 0.622. The molecule has 0 fully saturated rings. The van der Waals surface area contributed by atoms with Gasteiger partial charge in [-0.3, -0.25) is 4.79 Å². The van der Waals surface area contributed by atoms with Gasteiger partial charge >= 0.3 is 0 Å². The zero-order valence-electron chi connectivity index (χ0n) is 17.0. The number of nitrogens with one attached hydrogen (secondary N) is 2. The number of carbonyl (C=O) groups excluding carboxylic acids is 1. The van der Waals surface area contributed by atoms with Crippen LogP contribution in [0.15, 0.2) is 16.7 Å². The maximum absolute atomic E-state index is 12.5. The van der Waals surface area contributed by atoms with Gasteiger partial charge in [0, 0.05) is 23.9 Å². The third-order valence-electron chi connectivity index (χ3n) is 4.13. The Morgan fingerprint density at radius 2 is 1.85 bits per heavy atom. The largest absolute Gasteiger partial charge is 0.493 e. The first kappa shape index (κ1) is 20.7. The number of methoxy groups -OCH3 is 2. The number of aromatic nitrogens is 2. The molecular formula is C19H28N4O4. The topological polar surface area (TPSA) is 98.5 Å². The molecule has 8 nitrogen and oxygen atoms in total. The van der Waals surface area contributed by atoms with Gasteiger partial charge in [-0.15, -0.1) is 0 Å². The number of carbonyl (C=O) groups is 1. The zero-order chi connectivity index (χ0) is 20.2. The van der Waals surface area contributed by atoms with E-state index < -0.39 is 5.41 Å². The summed E-state index contributed by atoms with van der Waals surface area (Å²) in [6, 6.07) is 3.62. The molecule has 2 aromatic rings. The smallest absolute Gasteiger partial charge is 0.260 e. The molecule has 0 aliphatic rings. The Labute approximate surface area is 159 Å². The predicted octanol–water partition coefficient (Wildman–Crippen LogP) is 2.89. The van der Waals surface area contributed by atoms with Crippen molar-refractivity contribution in [2.75, 3.05) is 26.6 Å². The first-order valence-corrected chi connectivity index (χ1v) is 8.77. The highest BCUT2D eigenvalue weighted by Gasteiger charge is 2.25. The number of anilines is 1. The van der Waals surface area contributed by atoms with Crippen LogP contribution in [0.2, 0.25) is 0 Å². The van der Waals surface area contributed by atoms with Crippen molar-refractivity contribution in [1.82, 2.24) is 15.5 Å². The number of nitrogens with zero attached hydrogens (tertiary/aromatic N) is 2. The first-order valence-electron chi connectivity index (χ1n) is 8.77. The van der Waals surface area contributed by atoms with E-state index in [-0.39, 0.29) is 11.9 Å². The minimum atomic E-state index is -0.563. The lowest BCUT2D eigenvalue weighted by molar-refractivity contribution is -0.123. The van der Waals surface area contributed by atoms with Gasteiger partial charge in [0.25, 0.3) is 5.89 Å². The zero-order valence-corrected chi connectivity index (χ0v) is 17.0. The summed E-state index contributed by atoms with van der Waals surface area (Å²) in [5.74, 6) is 1.74. The Kier molecular flexibility index (Phi) is 6.43. The number of ether oxygens (including phenoxy) is 2. The van der Waals surface area contributed by atoms with Gasteiger partial charge in [-0.25, -0.2) is 0 Å². The van der Waals surface area contributed by atoms with Crippen LogP contribution in [0.4, 0.5) is 5.69 Å². The second-order valence-electron chi connectivity index (χ2n) is 7.37. The predicted molar refractivity (Wildman–Crippen MR) is 103 cm³/mol. The highest BCUT2D eigenvalue weighted by molar-refractivity contribution is 5.98. The van der Waals surface area contributed by atoms with Gasteiger partial charge in [-0.1, -0.05) is 25.9 Å². The molecule has 1 aromatic carbocycles. The number of likely N-dealkylation sites (N-methyl/N-ethyl adjacent to an activating group) is 1. The van der Waals surface area contributed by atoms with Crippen LogP contribution in [-0.4, -0.2) is 43.4 Å². The number of hydrogen-bond acceptors (Lipinski definition) is 7. The fraction of sp³-hybridized carbons (Fsp3) is 0.526. The Morgan fingerprint density at radius 3 is 2.41 bits per heavy atom. The van der Waals surface area contributed by atoms with E-state index >= 15 is 0 Å². The standard InChI is InChI=1S/C19H28N4O4/c1-11(20-5)8-16-22-17(27-23-16)12-9-14(25-6)15(26-7)10-13(12)21-18(24)19(2,3)4/h9-11,20H,8H2,1-7H3,(H,21,24). The van der Waals surface area contributed by atoms with E-state index in [1.807, 2.05) is 34.7 Å². The van der Waals surface area contributed by atoms with Crippen molar-refractivity contribution >= 4 is 11.6 Å². The number of amides is 1. The monoisotopic (exact) mass is 376 g/mol. The molecule has 0 saturated carbocycles. The first-order chi connectivity index (χ1) is 12.7. The van der Waals surface area contributed by atoms with Crippen LogP contribution in [-0.2, 0) is 11.2 Å². The van der Waals surface area contributed by atoms with Crippen LogP contribution >= 0.6 is 0 Å². The normalized spacial score (nSPS) is 12.6. The molecule has 0 saturated heterocycles. The molecule has 27 heavy (non-hydrogen) atoms. The van der Waals surface area contributed by atoms with E-state index in [1.54, 1.807) is 19.2 Å². The molecule has 1 amide bonds. The van der Waals surface area contributed by atoms with Crippen LogP contribution in [0, 0.1) is 5.41 Å². The van der Waals surface area contributed by atoms with Crippen molar-refractivity contribution in [2.24, 2.45) is 5.41 Å². The summed E-state index contributed by atoms with van der Waals surface area (Å²) in [6.45, 7) is 7.55. The highest BCUT2D eigenvalue weighted by atomic mass is 16.5. The molecular weight excluding hydrogens is 348 g/mol. The van der Waals surface area contributed by atoms with Gasteiger partial charge in [0.05, 0.1) is 25.5 Å². The Morgan fingerprint density at radius 1 is 1.22 bits per heavy atom. The lowest BCUT2D eigenvalue weighted by atomic mass is 9.95. The van der Waals surface area contributed by atoms with E-state index in [0.717, 1.165) is 0 Å². The van der Waals surface area contributed by atoms with E-state index in [2.05, 4.69) is 20.8 Å². The summed E-state index contributed by atoms with van der Waals surface area (Å²) >= 11 is 0. The number of benzene rings is 1. The van der Waals surface area contributed by atoms with E-state index in [9.17, 15) is 4.79 Å². The van der Waals surface area contributed by atoms with Crippen LogP contribution in [0.5, 0.6) is 11.5 Å². The maximum atomic E-state index is 12.5. The molecule has 0 aliphatic heterocycles. The van der Waals surface area contributed by atoms with Crippen molar-refractivity contribution in [2.45, 2.75) is 40.2 Å². The molecule has 1 unspecified atom stereocenters. The molecule has 0 bridgehead atoms. The van der Waals surface area contributed by atoms with Crippen molar-refractivity contribution in [1.29, 1.82) is 0 Å². The number of hydrogen-bond donors (Lipinski definition) is 2. The SMILES string of the molecule is CNC(C)Cc1noc(-c2cc(OC)c(OC)cc2NC(=O)C(C)(C)C)n1. The Bertz CT molecular complexity index is 795. The van der Waals surface area contributed by atoms with E-state index in [4.69, 9.17) is 14.0 Å². The van der Waals surface area contributed by atoms with Crippen LogP contribution in [0.1, 0.15) is 33.5 Å². The quantitative estimate of drug-likeness (QED) is 0.766. The van der Waals surface area contributed by atoms with Gasteiger partial charge in [-0.05, 0) is 20.0 Å². The average Bonchev–Trinajstić information content (AvgIpc) is 3.08. The van der Waals surface area contributed by atoms with Crippen LogP contribution in [0.25, 0.3) is 11.5 Å². The highest BCUT2D eigenvalue weighted by Crippen LogP contribution is 2.38. The molecule has 2 N–H and O–H groups in total. The van der Waals surface area contributed by atoms with E-state index in [0.29, 0.717) is 40.9 Å². The Hall–Kier alpha value is -2.61. The van der Waals surface area contributed by atoms with Crippen LogP contribution in [0.3, 0.4) is 0 Å². The van der Waals surface area contributed by atoms with Gasteiger partial charge in [0.2, 0.25) is 5.91 Å². The van der Waals surface area contributed by atoms with Crippen molar-refractivity contribution in [3.8, 4) is 23.0 Å². The molecule has 0 spiro atoms. The third-order valence-corrected chi connectivity index (χ3v) is 4.13. The fourth-order valence-corrected chi connectivity index (χ4v) is 2.29. The molecule has 148 valence electrons. The molecule has 2 rings (SSSR count). The molecule has 8 heteroatoms. The number of rotatable bonds is 7. The van der Waals surface area contributed by atoms with Gasteiger partial charge in [0.15, 0.2) is 17.3 Å². The van der Waals surface area contributed by atoms with Gasteiger partial charge in [0.1, 0.15) is 0 Å². The molecule has 1 heterocycles. The van der Waals surface area contributed by atoms with Crippen molar-refractivity contribution in [3.63, 3.8) is 0 Å². The van der Waals surface area contributed by atoms with Crippen LogP contribution < -0.4 is 20.1 Å². The van der Waals surface area contributed by atoms with Crippen molar-refractivity contribution in [3.05, 3.63) is 18.0 Å². The van der Waals surface area contributed by atoms with E-state index in [1.165, 1.54) is 7.11 Å². The maximum Gasteiger partial charge on any atom is 0.260 e.